The Morgan fingerprint density at radius 1 is 1.00 bits per heavy atom. The normalized spacial score (nSPS) is 11.1. The minimum atomic E-state index is 0.401. The van der Waals surface area contributed by atoms with Crippen LogP contribution in [0.1, 0.15) is 0 Å². The van der Waals surface area contributed by atoms with E-state index in [1.807, 2.05) is 18.2 Å². The first kappa shape index (κ1) is 12.1. The van der Waals surface area contributed by atoms with Crippen molar-refractivity contribution < 1.29 is 0 Å². The van der Waals surface area contributed by atoms with Crippen LogP contribution < -0.4 is 0 Å². The fraction of sp³-hybridized carbons (Fsp3) is 0. The van der Waals surface area contributed by atoms with Gasteiger partial charge in [-0.25, -0.2) is 0 Å². The minimum absolute atomic E-state index is 0.401. The topological polar surface area (TPSA) is 43.1 Å². The molecule has 0 unspecified atom stereocenters. The van der Waals surface area contributed by atoms with Crippen molar-refractivity contribution in [1.29, 1.82) is 0 Å². The molecular formula is C11H5Br2ClN4. The fourth-order valence-corrected chi connectivity index (χ4v) is 3.06. The maximum absolute atomic E-state index is 5.89. The molecule has 0 aliphatic heterocycles. The van der Waals surface area contributed by atoms with Gasteiger partial charge in [0.25, 0.3) is 0 Å². The molecule has 90 valence electrons. The van der Waals surface area contributed by atoms with Gasteiger partial charge < -0.3 is 0 Å². The van der Waals surface area contributed by atoms with Gasteiger partial charge >= 0.3 is 0 Å². The van der Waals surface area contributed by atoms with Crippen LogP contribution in [0.5, 0.6) is 0 Å². The number of benzene rings is 1. The first-order valence-corrected chi connectivity index (χ1v) is 6.94. The van der Waals surface area contributed by atoms with Gasteiger partial charge in [-0.3, -0.25) is 0 Å². The van der Waals surface area contributed by atoms with E-state index >= 15 is 0 Å². The van der Waals surface area contributed by atoms with Crippen LogP contribution in [0.4, 0.5) is 0 Å². The first-order valence-electron chi connectivity index (χ1n) is 4.98. The molecule has 0 amide bonds. The lowest BCUT2D eigenvalue weighted by atomic mass is 10.2. The highest BCUT2D eigenvalue weighted by molar-refractivity contribution is 9.11. The second-order valence-electron chi connectivity index (χ2n) is 3.61. The summed E-state index contributed by atoms with van der Waals surface area (Å²) in [5.41, 5.74) is 1.56. The summed E-state index contributed by atoms with van der Waals surface area (Å²) in [6, 6.07) is 9.31. The quantitative estimate of drug-likeness (QED) is 0.634. The van der Waals surface area contributed by atoms with Gasteiger partial charge in [0.1, 0.15) is 5.15 Å². The van der Waals surface area contributed by atoms with Gasteiger partial charge in [-0.2, -0.15) is 9.61 Å². The third kappa shape index (κ3) is 2.15. The zero-order valence-electron chi connectivity index (χ0n) is 8.81. The van der Waals surface area contributed by atoms with Crippen molar-refractivity contribution in [2.45, 2.75) is 0 Å². The molecule has 3 rings (SSSR count). The van der Waals surface area contributed by atoms with Crippen molar-refractivity contribution in [2.24, 2.45) is 0 Å². The zero-order valence-corrected chi connectivity index (χ0v) is 12.7. The van der Waals surface area contributed by atoms with Crippen molar-refractivity contribution in [3.05, 3.63) is 44.4 Å². The average Bonchev–Trinajstić information content (AvgIpc) is 2.70. The van der Waals surface area contributed by atoms with E-state index in [1.165, 1.54) is 0 Å². The number of halogens is 3. The molecule has 3 aromatic rings. The van der Waals surface area contributed by atoms with E-state index < -0.39 is 0 Å². The molecule has 0 saturated heterocycles. The molecule has 2 aromatic heterocycles. The molecule has 0 bridgehead atoms. The third-order valence-electron chi connectivity index (χ3n) is 2.35. The van der Waals surface area contributed by atoms with Crippen LogP contribution in [-0.4, -0.2) is 19.8 Å². The Balaban J connectivity index is 2.27. The number of hydrogen-bond donors (Lipinski definition) is 0. The molecule has 18 heavy (non-hydrogen) atoms. The number of hydrogen-bond acceptors (Lipinski definition) is 3. The molecule has 7 heteroatoms. The predicted molar refractivity (Wildman–Crippen MR) is 76.6 cm³/mol. The van der Waals surface area contributed by atoms with E-state index in [1.54, 1.807) is 16.6 Å². The van der Waals surface area contributed by atoms with Gasteiger partial charge in [-0.15, -0.1) is 10.2 Å². The van der Waals surface area contributed by atoms with Crippen molar-refractivity contribution in [2.75, 3.05) is 0 Å². The van der Waals surface area contributed by atoms with Crippen molar-refractivity contribution in [1.82, 2.24) is 19.8 Å². The smallest absolute Gasteiger partial charge is 0.185 e. The van der Waals surface area contributed by atoms with Crippen molar-refractivity contribution in [3.63, 3.8) is 0 Å². The monoisotopic (exact) mass is 386 g/mol. The van der Waals surface area contributed by atoms with Gasteiger partial charge in [-0.1, -0.05) is 43.5 Å². The Morgan fingerprint density at radius 3 is 2.44 bits per heavy atom. The molecule has 2 heterocycles. The lowest BCUT2D eigenvalue weighted by Crippen LogP contribution is -1.95. The summed E-state index contributed by atoms with van der Waals surface area (Å²) in [4.78, 5) is 0. The Hall–Kier alpha value is -0.980. The summed E-state index contributed by atoms with van der Waals surface area (Å²) in [5, 5.41) is 12.8. The fourth-order valence-electron chi connectivity index (χ4n) is 1.63. The molecule has 1 aromatic carbocycles. The van der Waals surface area contributed by atoms with Crippen LogP contribution in [0.2, 0.25) is 5.15 Å². The summed E-state index contributed by atoms with van der Waals surface area (Å²) in [5.74, 6) is 0.648. The average molecular weight is 388 g/mol. The van der Waals surface area contributed by atoms with Gasteiger partial charge in [0, 0.05) is 14.5 Å². The largest absolute Gasteiger partial charge is 0.191 e. The highest BCUT2D eigenvalue weighted by Gasteiger charge is 2.10. The summed E-state index contributed by atoms with van der Waals surface area (Å²) in [6.07, 6.45) is 0. The second-order valence-corrected chi connectivity index (χ2v) is 5.83. The molecular weight excluding hydrogens is 383 g/mol. The molecule has 4 nitrogen and oxygen atoms in total. The summed E-state index contributed by atoms with van der Waals surface area (Å²) in [6.45, 7) is 0. The number of fused-ring (bicyclic) bond motifs is 1. The maximum Gasteiger partial charge on any atom is 0.185 e. The molecule has 0 aliphatic rings. The maximum atomic E-state index is 5.89. The Kier molecular flexibility index (Phi) is 3.09. The Bertz CT molecular complexity index is 721. The lowest BCUT2D eigenvalue weighted by Gasteiger charge is -2.01. The SMILES string of the molecule is Clc1ccc2nnc(-c3cc(Br)cc(Br)c3)n2n1. The first-order chi connectivity index (χ1) is 8.63. The van der Waals surface area contributed by atoms with E-state index in [-0.39, 0.29) is 0 Å². The number of nitrogens with zero attached hydrogens (tertiary/aromatic N) is 4. The molecule has 0 fully saturated rings. The van der Waals surface area contributed by atoms with Crippen LogP contribution in [-0.2, 0) is 0 Å². The summed E-state index contributed by atoms with van der Waals surface area (Å²) in [7, 11) is 0. The third-order valence-corrected chi connectivity index (χ3v) is 3.47. The molecule has 0 saturated carbocycles. The molecule has 0 atom stereocenters. The van der Waals surface area contributed by atoms with Gasteiger partial charge in [0.15, 0.2) is 11.5 Å². The lowest BCUT2D eigenvalue weighted by molar-refractivity contribution is 0.936. The van der Waals surface area contributed by atoms with Crippen LogP contribution in [0.3, 0.4) is 0 Å². The molecule has 0 aliphatic carbocycles. The highest BCUT2D eigenvalue weighted by atomic mass is 79.9. The Labute approximate surface area is 124 Å². The van der Waals surface area contributed by atoms with Gasteiger partial charge in [-0.05, 0) is 30.3 Å². The van der Waals surface area contributed by atoms with Crippen LogP contribution in [0.25, 0.3) is 17.0 Å². The zero-order chi connectivity index (χ0) is 12.7. The highest BCUT2D eigenvalue weighted by Crippen LogP contribution is 2.26. The van der Waals surface area contributed by atoms with E-state index in [0.717, 1.165) is 14.5 Å². The van der Waals surface area contributed by atoms with Crippen LogP contribution in [0, 0.1) is 0 Å². The van der Waals surface area contributed by atoms with E-state index in [0.29, 0.717) is 16.6 Å². The predicted octanol–water partition coefficient (Wildman–Crippen LogP) is 3.97. The van der Waals surface area contributed by atoms with E-state index in [4.69, 9.17) is 11.6 Å². The van der Waals surface area contributed by atoms with Crippen molar-refractivity contribution >= 4 is 49.1 Å². The number of rotatable bonds is 1. The Morgan fingerprint density at radius 2 is 1.72 bits per heavy atom. The standard InChI is InChI=1S/C11H5Br2ClN4/c12-7-3-6(4-8(13)5-7)11-16-15-10-2-1-9(14)17-18(10)11/h1-5H. The summed E-state index contributed by atoms with van der Waals surface area (Å²) >= 11 is 12.8. The van der Waals surface area contributed by atoms with Crippen LogP contribution >= 0.6 is 43.5 Å². The van der Waals surface area contributed by atoms with Gasteiger partial charge in [0.2, 0.25) is 0 Å². The van der Waals surface area contributed by atoms with Gasteiger partial charge in [0.05, 0.1) is 0 Å². The number of aromatic nitrogens is 4. The van der Waals surface area contributed by atoms with Crippen LogP contribution in [0.15, 0.2) is 39.3 Å². The van der Waals surface area contributed by atoms with E-state index in [2.05, 4.69) is 47.2 Å². The second kappa shape index (κ2) is 4.60. The summed E-state index contributed by atoms with van der Waals surface area (Å²) < 4.78 is 3.52. The van der Waals surface area contributed by atoms with Crippen molar-refractivity contribution in [3.8, 4) is 11.4 Å². The minimum Gasteiger partial charge on any atom is -0.191 e. The molecule has 0 N–H and O–H groups in total. The molecule has 0 spiro atoms. The van der Waals surface area contributed by atoms with E-state index in [9.17, 15) is 0 Å². The molecule has 0 radical (unpaired) electrons.